The van der Waals surface area contributed by atoms with Gasteiger partial charge < -0.3 is 19.7 Å². The van der Waals surface area contributed by atoms with Crippen LogP contribution in [0.2, 0.25) is 5.02 Å². The molecule has 4 nitrogen and oxygen atoms in total. The number of phenolic OH excluding ortho intramolecular Hbond substituents is 1. The molecule has 0 amide bonds. The van der Waals surface area contributed by atoms with Gasteiger partial charge in [0.2, 0.25) is 0 Å². The van der Waals surface area contributed by atoms with Crippen molar-refractivity contribution < 1.29 is 14.4 Å². The Morgan fingerprint density at radius 1 is 1.26 bits per heavy atom. The predicted octanol–water partition coefficient (Wildman–Crippen LogP) is 3.59. The lowest BCUT2D eigenvalue weighted by molar-refractivity contribution is 0.00578. The minimum Gasteiger partial charge on any atom is -0.506 e. The number of likely N-dealkylation sites (N-methyl/N-ethyl adjacent to an activating group) is 1. The predicted molar refractivity (Wildman–Crippen MR) is 95.8 cm³/mol. The van der Waals surface area contributed by atoms with E-state index in [2.05, 4.69) is 5.32 Å². The summed E-state index contributed by atoms with van der Waals surface area (Å²) in [4.78, 5) is 0. The maximum atomic E-state index is 9.80. The second-order valence-corrected chi connectivity index (χ2v) is 7.41. The minimum atomic E-state index is -0.416. The molecule has 0 aromatic heterocycles. The van der Waals surface area contributed by atoms with Crippen LogP contribution in [-0.4, -0.2) is 37.0 Å². The summed E-state index contributed by atoms with van der Waals surface area (Å²) in [6, 6.07) is 3.63. The number of hydrogen-bond acceptors (Lipinski definition) is 4. The summed E-state index contributed by atoms with van der Waals surface area (Å²) >= 11 is 6.07. The summed E-state index contributed by atoms with van der Waals surface area (Å²) < 4.78 is 12.2. The second kappa shape index (κ2) is 6.48. The Kier molecular flexibility index (Phi) is 5.16. The highest BCUT2D eigenvalue weighted by Crippen LogP contribution is 2.39. The largest absolute Gasteiger partial charge is 0.506 e. The third-order valence-corrected chi connectivity index (χ3v) is 4.85. The van der Waals surface area contributed by atoms with Crippen molar-refractivity contribution in [3.05, 3.63) is 33.8 Å². The molecule has 2 N–H and O–H groups in total. The Balaban J connectivity index is 2.36. The molecule has 0 saturated carbocycles. The number of hydrogen-bond donors (Lipinski definition) is 2. The number of aromatic hydroxyl groups is 1. The van der Waals surface area contributed by atoms with E-state index in [1.54, 1.807) is 6.07 Å². The Hall–Kier alpha value is -1.01. The normalized spacial score (nSPS) is 20.1. The summed E-state index contributed by atoms with van der Waals surface area (Å²) in [5, 5.41) is 13.3. The van der Waals surface area contributed by atoms with Gasteiger partial charge in [-0.25, -0.2) is 0 Å². The Morgan fingerprint density at radius 3 is 2.30 bits per heavy atom. The van der Waals surface area contributed by atoms with E-state index in [1.807, 2.05) is 53.8 Å². The molecule has 1 heterocycles. The van der Waals surface area contributed by atoms with Crippen molar-refractivity contribution in [3.8, 4) is 5.75 Å². The zero-order valence-electron chi connectivity index (χ0n) is 14.7. The molecule has 1 aromatic carbocycles. The van der Waals surface area contributed by atoms with E-state index >= 15 is 0 Å². The summed E-state index contributed by atoms with van der Waals surface area (Å²) in [7, 11) is 1.47. The summed E-state index contributed by atoms with van der Waals surface area (Å²) in [6.45, 7) is 10.6. The standard InChI is InChI=1S/C17H25BClNO3/c1-11-7-12(9-14(19)15(11)21)8-13(10-20-6)18-22-16(2,3)17(4,5)23-18/h7-9,20-21H,10H2,1-6H3. The summed E-state index contributed by atoms with van der Waals surface area (Å²) in [6.07, 6.45) is 2.00. The molecular formula is C17H25BClNO3. The topological polar surface area (TPSA) is 50.7 Å². The van der Waals surface area contributed by atoms with Crippen LogP contribution in [0.5, 0.6) is 5.75 Å². The van der Waals surface area contributed by atoms with Crippen LogP contribution < -0.4 is 5.32 Å². The van der Waals surface area contributed by atoms with Crippen LogP contribution in [0.4, 0.5) is 0 Å². The van der Waals surface area contributed by atoms with Gasteiger partial charge in [0.05, 0.1) is 16.2 Å². The van der Waals surface area contributed by atoms with Crippen molar-refractivity contribution in [2.24, 2.45) is 0 Å². The molecule has 6 heteroatoms. The highest BCUT2D eigenvalue weighted by Gasteiger charge is 2.52. The highest BCUT2D eigenvalue weighted by atomic mass is 35.5. The quantitative estimate of drug-likeness (QED) is 0.824. The van der Waals surface area contributed by atoms with Crippen LogP contribution in [-0.2, 0) is 9.31 Å². The number of nitrogens with one attached hydrogen (secondary N) is 1. The van der Waals surface area contributed by atoms with Crippen LogP contribution in [0.25, 0.3) is 6.08 Å². The smallest absolute Gasteiger partial charge is 0.491 e. The molecule has 0 atom stereocenters. The molecule has 1 aromatic rings. The van der Waals surface area contributed by atoms with Gasteiger partial charge in [0, 0.05) is 6.54 Å². The van der Waals surface area contributed by atoms with Crippen LogP contribution in [0.1, 0.15) is 38.8 Å². The van der Waals surface area contributed by atoms with Gasteiger partial charge in [0.25, 0.3) is 0 Å². The molecule has 1 saturated heterocycles. The van der Waals surface area contributed by atoms with Crippen LogP contribution >= 0.6 is 11.6 Å². The van der Waals surface area contributed by atoms with Gasteiger partial charge in [0.1, 0.15) is 5.75 Å². The first kappa shape index (κ1) is 18.3. The fraction of sp³-hybridized carbons (Fsp3) is 0.529. The number of rotatable bonds is 4. The number of aryl methyl sites for hydroxylation is 1. The fourth-order valence-electron chi connectivity index (χ4n) is 2.46. The minimum absolute atomic E-state index is 0.120. The van der Waals surface area contributed by atoms with Gasteiger partial charge in [-0.3, -0.25) is 0 Å². The van der Waals surface area contributed by atoms with Crippen LogP contribution in [0.15, 0.2) is 17.6 Å². The maximum Gasteiger partial charge on any atom is 0.491 e. The fourth-order valence-corrected chi connectivity index (χ4v) is 2.74. The molecule has 0 spiro atoms. The Labute approximate surface area is 144 Å². The molecule has 0 radical (unpaired) electrons. The van der Waals surface area contributed by atoms with Gasteiger partial charge in [-0.15, -0.1) is 0 Å². The molecule has 1 fully saturated rings. The molecule has 1 aliphatic rings. The number of halogens is 1. The third kappa shape index (κ3) is 3.74. The highest BCUT2D eigenvalue weighted by molar-refractivity contribution is 6.56. The average Bonchev–Trinajstić information content (AvgIpc) is 2.64. The SMILES string of the molecule is CNCC(=Cc1cc(C)c(O)c(Cl)c1)B1OC(C)(C)C(C)(C)O1. The third-order valence-electron chi connectivity index (χ3n) is 4.57. The zero-order chi connectivity index (χ0) is 17.4. The van der Waals surface area contributed by atoms with E-state index in [9.17, 15) is 5.11 Å². The molecule has 1 aliphatic heterocycles. The molecule has 126 valence electrons. The first-order chi connectivity index (χ1) is 10.6. The average molecular weight is 338 g/mol. The van der Waals surface area contributed by atoms with Crippen molar-refractivity contribution in [1.82, 2.24) is 5.32 Å². The first-order valence-corrected chi connectivity index (χ1v) is 8.15. The number of phenols is 1. The molecule has 0 bridgehead atoms. The summed E-state index contributed by atoms with van der Waals surface area (Å²) in [5.41, 5.74) is 1.86. The lowest BCUT2D eigenvalue weighted by atomic mass is 9.77. The Morgan fingerprint density at radius 2 is 1.83 bits per heavy atom. The van der Waals surface area contributed by atoms with Crippen LogP contribution in [0.3, 0.4) is 0 Å². The number of benzene rings is 1. The summed E-state index contributed by atoms with van der Waals surface area (Å²) in [5.74, 6) is 0.120. The molecule has 23 heavy (non-hydrogen) atoms. The zero-order valence-corrected chi connectivity index (χ0v) is 15.4. The lowest BCUT2D eigenvalue weighted by Crippen LogP contribution is -2.41. The van der Waals surface area contributed by atoms with Gasteiger partial charge in [-0.1, -0.05) is 17.7 Å². The molecular weight excluding hydrogens is 312 g/mol. The maximum absolute atomic E-state index is 9.80. The van der Waals surface area contributed by atoms with Crippen molar-refractivity contribution in [1.29, 1.82) is 0 Å². The van der Waals surface area contributed by atoms with E-state index in [4.69, 9.17) is 20.9 Å². The first-order valence-electron chi connectivity index (χ1n) is 7.77. The van der Waals surface area contributed by atoms with Crippen molar-refractivity contribution >= 4 is 24.8 Å². The van der Waals surface area contributed by atoms with E-state index < -0.39 is 7.12 Å². The van der Waals surface area contributed by atoms with E-state index in [0.717, 1.165) is 16.6 Å². The molecule has 0 unspecified atom stereocenters. The lowest BCUT2D eigenvalue weighted by Gasteiger charge is -2.32. The van der Waals surface area contributed by atoms with Gasteiger partial charge >= 0.3 is 7.12 Å². The monoisotopic (exact) mass is 337 g/mol. The Bertz CT molecular complexity index is 589. The molecule has 0 aliphatic carbocycles. The van der Waals surface area contributed by atoms with Crippen LogP contribution in [0, 0.1) is 6.92 Å². The van der Waals surface area contributed by atoms with Crippen molar-refractivity contribution in [2.75, 3.05) is 13.6 Å². The van der Waals surface area contributed by atoms with Crippen molar-refractivity contribution in [2.45, 2.75) is 45.8 Å². The van der Waals surface area contributed by atoms with Gasteiger partial charge in [-0.2, -0.15) is 0 Å². The molecule has 2 rings (SSSR count). The van der Waals surface area contributed by atoms with Gasteiger partial charge in [-0.05, 0) is 70.4 Å². The van der Waals surface area contributed by atoms with E-state index in [-0.39, 0.29) is 17.0 Å². The second-order valence-electron chi connectivity index (χ2n) is 7.01. The van der Waals surface area contributed by atoms with E-state index in [0.29, 0.717) is 11.6 Å². The van der Waals surface area contributed by atoms with E-state index in [1.165, 1.54) is 0 Å². The van der Waals surface area contributed by atoms with Crippen molar-refractivity contribution in [3.63, 3.8) is 0 Å². The van der Waals surface area contributed by atoms with Gasteiger partial charge in [0.15, 0.2) is 0 Å².